The van der Waals surface area contributed by atoms with Crippen LogP contribution < -0.4 is 9.64 Å². The SMILES string of the molecule is CC.CC.CC(=O)Oc1cc2c(c3sc(C)cc13)CCN2C(=O)OC(C)(C)C.CCl. The van der Waals surface area contributed by atoms with E-state index in [1.807, 2.05) is 61.5 Å². The van der Waals surface area contributed by atoms with E-state index in [1.165, 1.54) is 13.3 Å². The van der Waals surface area contributed by atoms with Crippen LogP contribution in [0.1, 0.15) is 65.8 Å². The van der Waals surface area contributed by atoms with Crippen molar-refractivity contribution in [2.45, 2.75) is 74.3 Å². The van der Waals surface area contributed by atoms with Crippen LogP contribution >= 0.6 is 22.9 Å². The molecule has 2 heterocycles. The van der Waals surface area contributed by atoms with Crippen molar-refractivity contribution in [2.24, 2.45) is 0 Å². The number of benzene rings is 1. The maximum Gasteiger partial charge on any atom is 0.414 e. The van der Waals surface area contributed by atoms with Crippen molar-refractivity contribution in [3.8, 4) is 5.75 Å². The van der Waals surface area contributed by atoms with Crippen molar-refractivity contribution in [1.29, 1.82) is 0 Å². The molecule has 3 rings (SSSR count). The van der Waals surface area contributed by atoms with Gasteiger partial charge in [0.1, 0.15) is 11.4 Å². The Morgan fingerprint density at radius 2 is 1.67 bits per heavy atom. The van der Waals surface area contributed by atoms with Gasteiger partial charge in [-0.25, -0.2) is 4.79 Å². The van der Waals surface area contributed by atoms with E-state index in [-0.39, 0.29) is 12.1 Å². The van der Waals surface area contributed by atoms with Crippen molar-refractivity contribution in [1.82, 2.24) is 0 Å². The normalized spacial score (nSPS) is 11.8. The van der Waals surface area contributed by atoms with Crippen LogP contribution in [0.2, 0.25) is 0 Å². The second-order valence-corrected chi connectivity index (χ2v) is 8.20. The minimum absolute atomic E-state index is 0.373. The van der Waals surface area contributed by atoms with Crippen molar-refractivity contribution < 1.29 is 19.1 Å². The maximum atomic E-state index is 12.5. The highest BCUT2D eigenvalue weighted by atomic mass is 35.5. The fourth-order valence-electron chi connectivity index (χ4n) is 2.90. The summed E-state index contributed by atoms with van der Waals surface area (Å²) in [6.45, 7) is 17.5. The van der Waals surface area contributed by atoms with Crippen LogP contribution in [-0.4, -0.2) is 30.6 Å². The van der Waals surface area contributed by atoms with Gasteiger partial charge in [-0.1, -0.05) is 27.7 Å². The van der Waals surface area contributed by atoms with Gasteiger partial charge in [-0.05, 0) is 45.7 Å². The van der Waals surface area contributed by atoms with Crippen LogP contribution in [0.25, 0.3) is 10.1 Å². The van der Waals surface area contributed by atoms with E-state index < -0.39 is 5.60 Å². The monoisotopic (exact) mass is 457 g/mol. The molecular formula is C23H36ClNO4S. The fraction of sp³-hybridized carbons (Fsp3) is 0.565. The van der Waals surface area contributed by atoms with Gasteiger partial charge in [0.25, 0.3) is 0 Å². The van der Waals surface area contributed by atoms with Gasteiger partial charge < -0.3 is 9.47 Å². The first-order valence-corrected chi connectivity index (χ1v) is 11.9. The summed E-state index contributed by atoms with van der Waals surface area (Å²) >= 11 is 6.29. The van der Waals surface area contributed by atoms with Gasteiger partial charge in [-0.3, -0.25) is 9.69 Å². The third-order valence-corrected chi connectivity index (χ3v) is 4.83. The number of hydrogen-bond acceptors (Lipinski definition) is 5. The molecule has 0 N–H and O–H groups in total. The molecule has 1 aliphatic heterocycles. The van der Waals surface area contributed by atoms with Gasteiger partial charge in [0.2, 0.25) is 0 Å². The van der Waals surface area contributed by atoms with Crippen LogP contribution in [0.15, 0.2) is 12.1 Å². The number of carbonyl (C=O) groups is 2. The number of halogens is 1. The second kappa shape index (κ2) is 12.8. The number of amides is 1. The number of esters is 1. The summed E-state index contributed by atoms with van der Waals surface area (Å²) in [5.41, 5.74) is 1.34. The summed E-state index contributed by atoms with van der Waals surface area (Å²) in [6, 6.07) is 3.80. The predicted molar refractivity (Wildman–Crippen MR) is 130 cm³/mol. The van der Waals surface area contributed by atoms with E-state index in [4.69, 9.17) is 9.47 Å². The first-order valence-electron chi connectivity index (χ1n) is 10.3. The third kappa shape index (κ3) is 7.17. The molecule has 0 atom stereocenters. The van der Waals surface area contributed by atoms with Crippen LogP contribution in [-0.2, 0) is 16.0 Å². The van der Waals surface area contributed by atoms with E-state index in [9.17, 15) is 9.59 Å². The second-order valence-electron chi connectivity index (χ2n) is 6.95. The average molecular weight is 458 g/mol. The standard InChI is InChI=1S/C18H21NO4S.2C2H6.CH3Cl/c1-10-8-13-15(22-11(2)20)9-14-12(16(13)24-10)6-7-19(14)17(21)23-18(3,4)5;3*1-2/h8-9H,6-7H2,1-5H3;2*1-2H3;1H3. The molecule has 1 aromatic heterocycles. The number of hydrogen-bond donors (Lipinski definition) is 0. The Hall–Kier alpha value is -1.79. The first kappa shape index (κ1) is 28.2. The summed E-state index contributed by atoms with van der Waals surface area (Å²) in [4.78, 5) is 26.7. The molecule has 0 spiro atoms. The minimum Gasteiger partial charge on any atom is -0.443 e. The molecule has 1 aromatic carbocycles. The Labute approximate surface area is 190 Å². The number of thiophene rings is 1. The number of ether oxygens (including phenoxy) is 2. The van der Waals surface area contributed by atoms with Crippen molar-refractivity contribution in [3.63, 3.8) is 0 Å². The Kier molecular flexibility index (Phi) is 12.0. The lowest BCUT2D eigenvalue weighted by Gasteiger charge is -2.25. The van der Waals surface area contributed by atoms with E-state index in [0.29, 0.717) is 12.3 Å². The van der Waals surface area contributed by atoms with E-state index >= 15 is 0 Å². The number of rotatable bonds is 1. The highest BCUT2D eigenvalue weighted by molar-refractivity contribution is 7.19. The Bertz CT molecular complexity index is 840. The molecule has 0 radical (unpaired) electrons. The molecule has 2 aromatic rings. The molecule has 5 nitrogen and oxygen atoms in total. The zero-order valence-electron chi connectivity index (χ0n) is 19.9. The van der Waals surface area contributed by atoms with Gasteiger partial charge in [0, 0.05) is 40.9 Å². The molecule has 170 valence electrons. The molecule has 30 heavy (non-hydrogen) atoms. The smallest absolute Gasteiger partial charge is 0.414 e. The van der Waals surface area contributed by atoms with Gasteiger partial charge in [-0.2, -0.15) is 0 Å². The highest BCUT2D eigenvalue weighted by Crippen LogP contribution is 2.44. The number of fused-ring (bicyclic) bond motifs is 3. The van der Waals surface area contributed by atoms with Gasteiger partial charge in [0.05, 0.1) is 5.69 Å². The topological polar surface area (TPSA) is 55.8 Å². The molecule has 0 aliphatic carbocycles. The zero-order valence-corrected chi connectivity index (χ0v) is 21.5. The molecule has 0 fully saturated rings. The van der Waals surface area contributed by atoms with Gasteiger partial charge >= 0.3 is 12.1 Å². The van der Waals surface area contributed by atoms with Crippen LogP contribution in [0.3, 0.4) is 0 Å². The average Bonchev–Trinajstić information content (AvgIpc) is 3.28. The lowest BCUT2D eigenvalue weighted by molar-refractivity contribution is -0.131. The van der Waals surface area contributed by atoms with Crippen molar-refractivity contribution in [2.75, 3.05) is 17.8 Å². The molecule has 0 saturated heterocycles. The number of alkyl halides is 1. The Morgan fingerprint density at radius 3 is 2.17 bits per heavy atom. The maximum absolute atomic E-state index is 12.5. The van der Waals surface area contributed by atoms with E-state index in [0.717, 1.165) is 32.6 Å². The predicted octanol–water partition coefficient (Wildman–Crippen LogP) is 7.34. The third-order valence-electron chi connectivity index (χ3n) is 3.72. The summed E-state index contributed by atoms with van der Waals surface area (Å²) < 4.78 is 12.0. The molecule has 1 amide bonds. The Morgan fingerprint density at radius 1 is 1.10 bits per heavy atom. The lowest BCUT2D eigenvalue weighted by atomic mass is 10.1. The van der Waals surface area contributed by atoms with Crippen molar-refractivity contribution >= 4 is 50.8 Å². The minimum atomic E-state index is -0.553. The quantitative estimate of drug-likeness (QED) is 0.255. The van der Waals surface area contributed by atoms with Crippen molar-refractivity contribution in [3.05, 3.63) is 22.6 Å². The lowest BCUT2D eigenvalue weighted by Crippen LogP contribution is -2.35. The van der Waals surface area contributed by atoms with Crippen LogP contribution in [0.5, 0.6) is 5.75 Å². The van der Waals surface area contributed by atoms with E-state index in [2.05, 4.69) is 11.6 Å². The summed E-state index contributed by atoms with van der Waals surface area (Å²) in [5.74, 6) is 0.123. The molecule has 0 saturated carbocycles. The van der Waals surface area contributed by atoms with Gasteiger partial charge in [0.15, 0.2) is 0 Å². The highest BCUT2D eigenvalue weighted by Gasteiger charge is 2.32. The molecule has 0 bridgehead atoms. The molecule has 0 unspecified atom stereocenters. The zero-order chi connectivity index (χ0) is 23.6. The van der Waals surface area contributed by atoms with E-state index in [1.54, 1.807) is 22.3 Å². The first-order chi connectivity index (χ1) is 14.2. The Balaban J connectivity index is 0.00000129. The van der Waals surface area contributed by atoms with Gasteiger partial charge in [-0.15, -0.1) is 22.9 Å². The summed E-state index contributed by atoms with van der Waals surface area (Å²) in [7, 11) is 0. The largest absolute Gasteiger partial charge is 0.443 e. The summed E-state index contributed by atoms with van der Waals surface area (Å²) in [6.07, 6.45) is 1.87. The number of nitrogens with zero attached hydrogens (tertiary/aromatic N) is 1. The summed E-state index contributed by atoms with van der Waals surface area (Å²) in [5, 5.41) is 0.928. The van der Waals surface area contributed by atoms with Crippen LogP contribution in [0, 0.1) is 6.92 Å². The number of aryl methyl sites for hydroxylation is 1. The number of anilines is 1. The molecular weight excluding hydrogens is 422 g/mol. The van der Waals surface area contributed by atoms with Crippen LogP contribution in [0.4, 0.5) is 10.5 Å². The fourth-order valence-corrected chi connectivity index (χ4v) is 4.00. The number of carbonyl (C=O) groups excluding carboxylic acids is 2. The molecule has 7 heteroatoms. The molecule has 1 aliphatic rings.